The van der Waals surface area contributed by atoms with Crippen LogP contribution in [-0.4, -0.2) is 20.8 Å². The zero-order valence-corrected chi connectivity index (χ0v) is 20.2. The van der Waals surface area contributed by atoms with Gasteiger partial charge in [0.25, 0.3) is 0 Å². The van der Waals surface area contributed by atoms with Gasteiger partial charge in [-0.1, -0.05) is 54.6 Å². The molecule has 0 radical (unpaired) electrons. The lowest BCUT2D eigenvalue weighted by Gasteiger charge is -2.39. The van der Waals surface area contributed by atoms with E-state index >= 15 is 0 Å². The molecule has 4 heteroatoms. The molecule has 0 aliphatic heterocycles. The molecule has 0 saturated carbocycles. The Kier molecular flexibility index (Phi) is 4.89. The lowest BCUT2D eigenvalue weighted by atomic mass is 10.2. The number of hydrogen-bond acceptors (Lipinski definition) is 1. The molecule has 2 rings (SSSR count). The molecule has 0 saturated heterocycles. The predicted octanol–water partition coefficient (Wildman–Crippen LogP) is 7.19. The van der Waals surface area contributed by atoms with Crippen molar-refractivity contribution in [3.8, 4) is 5.75 Å². The zero-order valence-electron chi connectivity index (χ0n) is 18.2. The SMILES string of the molecule is Cc1cn([Si](C)(C)C(C)(C)C)c2cc(O[Si](C)(C)C(C)(C)C)ccc12. The molecular weight excluding hydrogens is 338 g/mol. The molecule has 140 valence electrons. The average molecular weight is 376 g/mol. The molecule has 1 aromatic heterocycles. The van der Waals surface area contributed by atoms with E-state index in [1.54, 1.807) is 0 Å². The van der Waals surface area contributed by atoms with Crippen LogP contribution in [-0.2, 0) is 0 Å². The van der Waals surface area contributed by atoms with Crippen molar-refractivity contribution in [3.63, 3.8) is 0 Å². The van der Waals surface area contributed by atoms with E-state index in [1.165, 1.54) is 16.5 Å². The van der Waals surface area contributed by atoms with E-state index in [1.807, 2.05) is 0 Å². The van der Waals surface area contributed by atoms with Crippen LogP contribution in [0.25, 0.3) is 10.9 Å². The summed E-state index contributed by atoms with van der Waals surface area (Å²) in [6.45, 7) is 25.8. The van der Waals surface area contributed by atoms with E-state index in [0.29, 0.717) is 5.04 Å². The molecule has 0 aliphatic rings. The molecule has 0 unspecified atom stereocenters. The fraction of sp³-hybridized carbons (Fsp3) is 0.619. The average Bonchev–Trinajstić information content (AvgIpc) is 2.73. The second-order valence-corrected chi connectivity index (χ2v) is 20.4. The van der Waals surface area contributed by atoms with Crippen molar-refractivity contribution in [1.29, 1.82) is 0 Å². The molecule has 25 heavy (non-hydrogen) atoms. The van der Waals surface area contributed by atoms with Gasteiger partial charge in [-0.15, -0.1) is 0 Å². The summed E-state index contributed by atoms with van der Waals surface area (Å²) in [6, 6.07) is 6.69. The Morgan fingerprint density at radius 1 is 0.880 bits per heavy atom. The maximum atomic E-state index is 6.58. The van der Waals surface area contributed by atoms with Gasteiger partial charge in [0.2, 0.25) is 8.32 Å². The van der Waals surface area contributed by atoms with Gasteiger partial charge in [-0.2, -0.15) is 0 Å². The monoisotopic (exact) mass is 375 g/mol. The van der Waals surface area contributed by atoms with Gasteiger partial charge in [-0.25, -0.2) is 0 Å². The van der Waals surface area contributed by atoms with E-state index in [2.05, 4.69) is 103 Å². The summed E-state index contributed by atoms with van der Waals surface area (Å²) in [4.78, 5) is 0. The van der Waals surface area contributed by atoms with Crippen LogP contribution in [0.5, 0.6) is 5.75 Å². The van der Waals surface area contributed by atoms with Crippen molar-refractivity contribution in [2.24, 2.45) is 0 Å². The summed E-state index contributed by atoms with van der Waals surface area (Å²) in [5.41, 5.74) is 2.69. The van der Waals surface area contributed by atoms with Crippen LogP contribution in [0.2, 0.25) is 36.3 Å². The van der Waals surface area contributed by atoms with Crippen LogP contribution in [0.4, 0.5) is 0 Å². The van der Waals surface area contributed by atoms with Gasteiger partial charge >= 0.3 is 0 Å². The summed E-state index contributed by atoms with van der Waals surface area (Å²) in [6.07, 6.45) is 2.36. The van der Waals surface area contributed by atoms with Crippen LogP contribution < -0.4 is 4.43 Å². The Balaban J connectivity index is 2.59. The molecule has 0 bridgehead atoms. The molecule has 1 aromatic carbocycles. The standard InChI is InChI=1S/C21H37NOSi2/c1-16-15-22(24(8,9)20(2,3)4)19-14-17(12-13-18(16)19)23-25(10,11)21(5,6)7/h12-15H,1-11H3. The number of aryl methyl sites for hydroxylation is 1. The third-order valence-electron chi connectivity index (χ3n) is 6.59. The van der Waals surface area contributed by atoms with Crippen molar-refractivity contribution in [2.75, 3.05) is 0 Å². The number of fused-ring (bicyclic) bond motifs is 1. The summed E-state index contributed by atoms with van der Waals surface area (Å²) >= 11 is 0. The largest absolute Gasteiger partial charge is 0.543 e. The highest BCUT2D eigenvalue weighted by molar-refractivity contribution is 6.79. The van der Waals surface area contributed by atoms with Crippen LogP contribution in [0.15, 0.2) is 24.4 Å². The van der Waals surface area contributed by atoms with Crippen LogP contribution in [0.3, 0.4) is 0 Å². The molecule has 0 atom stereocenters. The Morgan fingerprint density at radius 2 is 1.44 bits per heavy atom. The lowest BCUT2D eigenvalue weighted by Crippen LogP contribution is -2.45. The van der Waals surface area contributed by atoms with E-state index in [0.717, 1.165) is 5.75 Å². The molecular formula is C21H37NOSi2. The third kappa shape index (κ3) is 3.61. The summed E-state index contributed by atoms with van der Waals surface area (Å²) in [7, 11) is -3.49. The van der Waals surface area contributed by atoms with Crippen molar-refractivity contribution in [2.45, 2.75) is 84.7 Å². The summed E-state index contributed by atoms with van der Waals surface area (Å²) in [5.74, 6) is 1.03. The Bertz CT molecular complexity index is 774. The summed E-state index contributed by atoms with van der Waals surface area (Å²) in [5, 5.41) is 1.86. The number of aromatic nitrogens is 1. The fourth-order valence-corrected chi connectivity index (χ4v) is 5.76. The third-order valence-corrected chi connectivity index (χ3v) is 16.2. The normalized spacial score (nSPS) is 14.2. The lowest BCUT2D eigenvalue weighted by molar-refractivity contribution is 0.492. The first-order valence-corrected chi connectivity index (χ1v) is 15.2. The minimum atomic E-state index is -1.82. The molecule has 2 nitrogen and oxygen atoms in total. The molecule has 0 spiro atoms. The first-order valence-electron chi connectivity index (χ1n) is 9.39. The number of rotatable bonds is 3. The smallest absolute Gasteiger partial charge is 0.250 e. The van der Waals surface area contributed by atoms with Crippen molar-refractivity contribution < 1.29 is 4.43 Å². The fourth-order valence-electron chi connectivity index (χ4n) is 2.71. The van der Waals surface area contributed by atoms with E-state index < -0.39 is 16.6 Å². The number of nitrogens with zero attached hydrogens (tertiary/aromatic N) is 1. The summed E-state index contributed by atoms with van der Waals surface area (Å²) < 4.78 is 9.16. The van der Waals surface area contributed by atoms with Gasteiger partial charge in [-0.05, 0) is 54.0 Å². The molecule has 2 aromatic rings. The number of benzene rings is 1. The van der Waals surface area contributed by atoms with Crippen LogP contribution >= 0.6 is 0 Å². The van der Waals surface area contributed by atoms with Gasteiger partial charge in [0.1, 0.15) is 5.75 Å². The highest BCUT2D eigenvalue weighted by Gasteiger charge is 2.40. The maximum Gasteiger partial charge on any atom is 0.250 e. The van der Waals surface area contributed by atoms with E-state index in [-0.39, 0.29) is 5.04 Å². The van der Waals surface area contributed by atoms with E-state index in [4.69, 9.17) is 4.43 Å². The molecule has 0 N–H and O–H groups in total. The second-order valence-electron chi connectivity index (χ2n) is 10.5. The van der Waals surface area contributed by atoms with Gasteiger partial charge in [-0.3, -0.25) is 0 Å². The number of hydrogen-bond donors (Lipinski definition) is 0. The van der Waals surface area contributed by atoms with Crippen LogP contribution in [0, 0.1) is 6.92 Å². The van der Waals surface area contributed by atoms with Crippen molar-refractivity contribution >= 4 is 27.5 Å². The minimum Gasteiger partial charge on any atom is -0.543 e. The second kappa shape index (κ2) is 6.02. The van der Waals surface area contributed by atoms with E-state index in [9.17, 15) is 0 Å². The van der Waals surface area contributed by atoms with Crippen molar-refractivity contribution in [1.82, 2.24) is 4.23 Å². The predicted molar refractivity (Wildman–Crippen MR) is 117 cm³/mol. The Hall–Kier alpha value is -1.01. The maximum absolute atomic E-state index is 6.58. The van der Waals surface area contributed by atoms with Gasteiger partial charge < -0.3 is 8.66 Å². The Labute approximate surface area is 156 Å². The zero-order chi connectivity index (χ0) is 19.4. The Morgan fingerprint density at radius 3 is 1.92 bits per heavy atom. The van der Waals surface area contributed by atoms with Crippen LogP contribution in [0.1, 0.15) is 47.1 Å². The minimum absolute atomic E-state index is 0.208. The van der Waals surface area contributed by atoms with Gasteiger partial charge in [0, 0.05) is 17.0 Å². The quantitative estimate of drug-likeness (QED) is 0.518. The first kappa shape index (κ1) is 20.3. The topological polar surface area (TPSA) is 14.2 Å². The van der Waals surface area contributed by atoms with Gasteiger partial charge in [0.15, 0.2) is 8.24 Å². The molecule has 1 heterocycles. The molecule has 0 amide bonds. The highest BCUT2D eigenvalue weighted by atomic mass is 28.4. The van der Waals surface area contributed by atoms with Crippen molar-refractivity contribution in [3.05, 3.63) is 30.0 Å². The molecule has 0 fully saturated rings. The first-order chi connectivity index (χ1) is 11.1. The van der Waals surface area contributed by atoms with Gasteiger partial charge in [0.05, 0.1) is 0 Å². The molecule has 0 aliphatic carbocycles. The highest BCUT2D eigenvalue weighted by Crippen LogP contribution is 2.41.